The number of benzene rings is 1. The topological polar surface area (TPSA) is 98.5 Å². The molecule has 0 aromatic heterocycles. The van der Waals surface area contributed by atoms with E-state index in [4.69, 9.17) is 4.74 Å². The lowest BCUT2D eigenvalue weighted by Gasteiger charge is -2.24. The van der Waals surface area contributed by atoms with Crippen molar-refractivity contribution < 1.29 is 22.5 Å². The second kappa shape index (κ2) is 6.46. The Balaban J connectivity index is 2.94. The average Bonchev–Trinajstić information content (AvgIpc) is 2.36. The van der Waals surface area contributed by atoms with Gasteiger partial charge in [0, 0.05) is 25.3 Å². The monoisotopic (exact) mass is 320 g/mol. The van der Waals surface area contributed by atoms with Crippen LogP contribution in [0.25, 0.3) is 0 Å². The first-order chi connectivity index (χ1) is 9.59. The number of sulfonamides is 1. The van der Waals surface area contributed by atoms with Crippen molar-refractivity contribution in [3.63, 3.8) is 0 Å². The van der Waals surface area contributed by atoms with Crippen LogP contribution in [0.5, 0.6) is 0 Å². The van der Waals surface area contributed by atoms with Crippen molar-refractivity contribution in [3.05, 3.63) is 34.1 Å². The van der Waals surface area contributed by atoms with E-state index in [9.17, 15) is 22.9 Å². The number of nitrogens with one attached hydrogen (secondary N) is 1. The predicted octanol–water partition coefficient (Wildman–Crippen LogP) is 1.83. The first-order valence-corrected chi connectivity index (χ1v) is 7.65. The van der Waals surface area contributed by atoms with E-state index in [0.717, 1.165) is 12.1 Å². The van der Waals surface area contributed by atoms with Crippen LogP contribution in [0.2, 0.25) is 0 Å². The SMILES string of the molecule is CCOC(C)(C)CNS(=O)(=O)c1ccc([N+](=O)[O-])c(F)c1. The van der Waals surface area contributed by atoms with Gasteiger partial charge in [0.2, 0.25) is 15.8 Å². The summed E-state index contributed by atoms with van der Waals surface area (Å²) in [6.45, 7) is 5.59. The number of hydrogen-bond donors (Lipinski definition) is 1. The minimum absolute atomic E-state index is 0.0121. The molecule has 0 unspecified atom stereocenters. The minimum Gasteiger partial charge on any atom is -0.375 e. The van der Waals surface area contributed by atoms with Gasteiger partial charge in [0.15, 0.2) is 0 Å². The molecule has 9 heteroatoms. The first kappa shape index (κ1) is 17.5. The molecule has 1 rings (SSSR count). The molecule has 0 aliphatic rings. The van der Waals surface area contributed by atoms with Crippen LogP contribution >= 0.6 is 0 Å². The largest absolute Gasteiger partial charge is 0.375 e. The first-order valence-electron chi connectivity index (χ1n) is 6.16. The number of nitro benzene ring substituents is 1. The molecule has 0 saturated carbocycles. The summed E-state index contributed by atoms with van der Waals surface area (Å²) in [5.74, 6) is -1.20. The van der Waals surface area contributed by atoms with Gasteiger partial charge < -0.3 is 4.74 Å². The van der Waals surface area contributed by atoms with Gasteiger partial charge in [-0.1, -0.05) is 0 Å². The summed E-state index contributed by atoms with van der Waals surface area (Å²) in [5, 5.41) is 10.5. The highest BCUT2D eigenvalue weighted by Gasteiger charge is 2.24. The van der Waals surface area contributed by atoms with Gasteiger partial charge in [-0.2, -0.15) is 4.39 Å². The van der Waals surface area contributed by atoms with Gasteiger partial charge in [-0.05, 0) is 26.8 Å². The molecule has 118 valence electrons. The Morgan fingerprint density at radius 2 is 2.05 bits per heavy atom. The van der Waals surface area contributed by atoms with Crippen molar-refractivity contribution in [2.75, 3.05) is 13.2 Å². The number of nitrogens with zero attached hydrogens (tertiary/aromatic N) is 1. The quantitative estimate of drug-likeness (QED) is 0.610. The zero-order valence-electron chi connectivity index (χ0n) is 11.9. The fourth-order valence-corrected chi connectivity index (χ4v) is 2.81. The summed E-state index contributed by atoms with van der Waals surface area (Å²) in [5.41, 5.74) is -1.50. The van der Waals surface area contributed by atoms with E-state index < -0.39 is 32.1 Å². The van der Waals surface area contributed by atoms with Gasteiger partial charge in [-0.3, -0.25) is 10.1 Å². The highest BCUT2D eigenvalue weighted by molar-refractivity contribution is 7.89. The van der Waals surface area contributed by atoms with Gasteiger partial charge in [-0.25, -0.2) is 13.1 Å². The average molecular weight is 320 g/mol. The van der Waals surface area contributed by atoms with Gasteiger partial charge in [0.05, 0.1) is 15.4 Å². The molecule has 0 bridgehead atoms. The third-order valence-corrected chi connectivity index (χ3v) is 4.05. The zero-order chi connectivity index (χ0) is 16.3. The summed E-state index contributed by atoms with van der Waals surface area (Å²) in [6, 6.07) is 2.42. The summed E-state index contributed by atoms with van der Waals surface area (Å²) in [4.78, 5) is 9.20. The van der Waals surface area contributed by atoms with E-state index in [1.807, 2.05) is 0 Å². The third-order valence-electron chi connectivity index (χ3n) is 2.65. The number of ether oxygens (including phenoxy) is 1. The molecule has 0 saturated heterocycles. The van der Waals surface area contributed by atoms with Crippen LogP contribution in [0.15, 0.2) is 23.1 Å². The molecule has 0 spiro atoms. The highest BCUT2D eigenvalue weighted by Crippen LogP contribution is 2.21. The van der Waals surface area contributed by atoms with E-state index in [1.54, 1.807) is 20.8 Å². The van der Waals surface area contributed by atoms with Crippen molar-refractivity contribution in [1.29, 1.82) is 0 Å². The maximum absolute atomic E-state index is 13.5. The summed E-state index contributed by atoms with van der Waals surface area (Å²) < 4.78 is 45.1. The number of rotatable bonds is 7. The Morgan fingerprint density at radius 3 is 2.52 bits per heavy atom. The maximum atomic E-state index is 13.5. The van der Waals surface area contributed by atoms with E-state index in [-0.39, 0.29) is 11.4 Å². The van der Waals surface area contributed by atoms with Crippen molar-refractivity contribution in [2.24, 2.45) is 0 Å². The molecule has 0 heterocycles. The lowest BCUT2D eigenvalue weighted by molar-refractivity contribution is -0.387. The number of halogens is 1. The Bertz CT molecular complexity index is 631. The van der Waals surface area contributed by atoms with Crippen molar-refractivity contribution >= 4 is 15.7 Å². The Labute approximate surface area is 122 Å². The highest BCUT2D eigenvalue weighted by atomic mass is 32.2. The van der Waals surface area contributed by atoms with Crippen LogP contribution in [-0.4, -0.2) is 32.1 Å². The smallest absolute Gasteiger partial charge is 0.304 e. The maximum Gasteiger partial charge on any atom is 0.304 e. The molecule has 0 amide bonds. The van der Waals surface area contributed by atoms with Crippen LogP contribution in [0.3, 0.4) is 0 Å². The van der Waals surface area contributed by atoms with Crippen molar-refractivity contribution in [1.82, 2.24) is 4.72 Å². The van der Waals surface area contributed by atoms with Gasteiger partial charge >= 0.3 is 5.69 Å². The van der Waals surface area contributed by atoms with E-state index in [2.05, 4.69) is 4.72 Å². The molecule has 0 aliphatic heterocycles. The van der Waals surface area contributed by atoms with Crippen LogP contribution in [0.1, 0.15) is 20.8 Å². The standard InChI is InChI=1S/C12H17FN2O5S/c1-4-20-12(2,3)8-14-21(18,19)9-5-6-11(15(16)17)10(13)7-9/h5-7,14H,4,8H2,1-3H3. The molecule has 0 aliphatic carbocycles. The summed E-state index contributed by atoms with van der Waals surface area (Å²) in [7, 11) is -3.97. The Morgan fingerprint density at radius 1 is 1.43 bits per heavy atom. The van der Waals surface area contributed by atoms with E-state index >= 15 is 0 Å². The summed E-state index contributed by atoms with van der Waals surface area (Å²) >= 11 is 0. The number of hydrogen-bond acceptors (Lipinski definition) is 5. The second-order valence-corrected chi connectivity index (χ2v) is 6.65. The molecule has 1 N–H and O–H groups in total. The Hall–Kier alpha value is -1.58. The minimum atomic E-state index is -3.97. The van der Waals surface area contributed by atoms with Crippen molar-refractivity contribution in [3.8, 4) is 0 Å². The molecule has 0 atom stereocenters. The van der Waals surface area contributed by atoms with Crippen LogP contribution in [0, 0.1) is 15.9 Å². The van der Waals surface area contributed by atoms with Gasteiger partial charge in [0.1, 0.15) is 0 Å². The van der Waals surface area contributed by atoms with Crippen LogP contribution in [-0.2, 0) is 14.8 Å². The van der Waals surface area contributed by atoms with Gasteiger partial charge in [0.25, 0.3) is 0 Å². The number of nitro groups is 1. The predicted molar refractivity (Wildman–Crippen MR) is 73.9 cm³/mol. The lowest BCUT2D eigenvalue weighted by atomic mass is 10.1. The molecule has 1 aromatic rings. The molecular weight excluding hydrogens is 303 g/mol. The molecule has 21 heavy (non-hydrogen) atoms. The fraction of sp³-hybridized carbons (Fsp3) is 0.500. The lowest BCUT2D eigenvalue weighted by Crippen LogP contribution is -2.40. The third kappa shape index (κ3) is 4.73. The molecular formula is C12H17FN2O5S. The van der Waals surface area contributed by atoms with E-state index in [0.29, 0.717) is 12.7 Å². The van der Waals surface area contributed by atoms with Crippen molar-refractivity contribution in [2.45, 2.75) is 31.3 Å². The molecule has 0 radical (unpaired) electrons. The van der Waals surface area contributed by atoms with E-state index in [1.165, 1.54) is 0 Å². The fourth-order valence-electron chi connectivity index (χ4n) is 1.60. The zero-order valence-corrected chi connectivity index (χ0v) is 12.7. The van der Waals surface area contributed by atoms with Crippen LogP contribution < -0.4 is 4.72 Å². The normalized spacial score (nSPS) is 12.4. The summed E-state index contributed by atoms with van der Waals surface area (Å²) in [6.07, 6.45) is 0. The van der Waals surface area contributed by atoms with Gasteiger partial charge in [-0.15, -0.1) is 0 Å². The second-order valence-electron chi connectivity index (χ2n) is 4.89. The molecule has 1 aromatic carbocycles. The molecule has 7 nitrogen and oxygen atoms in total. The molecule has 0 fully saturated rings. The van der Waals surface area contributed by atoms with Crippen LogP contribution in [0.4, 0.5) is 10.1 Å². The Kier molecular flexibility index (Phi) is 5.37.